The Morgan fingerprint density at radius 3 is 2.00 bits per heavy atom. The summed E-state index contributed by atoms with van der Waals surface area (Å²) in [6.45, 7) is 29.3. The highest BCUT2D eigenvalue weighted by atomic mass is 19.2. The van der Waals surface area contributed by atoms with Gasteiger partial charge in [-0.3, -0.25) is 8.63 Å². The fraction of sp³-hybridized carbons (Fsp3) is 0.410. The highest BCUT2D eigenvalue weighted by molar-refractivity contribution is 6.41. The van der Waals surface area contributed by atoms with Crippen LogP contribution in [0.3, 0.4) is 0 Å². The van der Waals surface area contributed by atoms with Crippen LogP contribution in [0, 0.1) is 34.6 Å². The molecule has 1 N–H and O–H groups in total. The second-order valence-electron chi connectivity index (χ2n) is 21.0. The van der Waals surface area contributed by atoms with E-state index in [0.29, 0.717) is 99.7 Å². The van der Waals surface area contributed by atoms with E-state index in [-0.39, 0.29) is 11.1 Å². The quantitative estimate of drug-likeness (QED) is 0.0302. The Morgan fingerprint density at radius 1 is 0.731 bits per heavy atom. The fourth-order valence-corrected chi connectivity index (χ4v) is 10.6. The third-order valence-electron chi connectivity index (χ3n) is 15.1. The van der Waals surface area contributed by atoms with Crippen LogP contribution < -0.4 is 39.6 Å². The molecular weight excluding hydrogens is 990 g/mol. The number of ether oxygens (including phenoxy) is 6. The van der Waals surface area contributed by atoms with Gasteiger partial charge in [-0.25, -0.2) is 4.68 Å². The van der Waals surface area contributed by atoms with Crippen LogP contribution in [-0.2, 0) is 14.2 Å². The van der Waals surface area contributed by atoms with Gasteiger partial charge in [0.05, 0.1) is 78.3 Å². The number of nitrogens with one attached hydrogen (secondary N) is 1. The molecule has 2 fully saturated rings. The first-order valence-corrected chi connectivity index (χ1v) is 27.2. The molecule has 2 unspecified atom stereocenters. The molecule has 4 aromatic carbocycles. The van der Waals surface area contributed by atoms with Gasteiger partial charge in [-0.05, 0) is 150 Å². The Kier molecular flexibility index (Phi) is 17.0. The molecule has 2 aliphatic heterocycles. The average molecular weight is 1070 g/mol. The van der Waals surface area contributed by atoms with E-state index in [2.05, 4.69) is 107 Å². The normalized spacial score (nSPS) is 17.1. The zero-order valence-corrected chi connectivity index (χ0v) is 47.1. The topological polar surface area (TPSA) is 116 Å². The molecule has 412 valence electrons. The van der Waals surface area contributed by atoms with Gasteiger partial charge in [-0.15, -0.1) is 5.10 Å². The molecule has 0 saturated carbocycles. The van der Waals surface area contributed by atoms with E-state index in [1.165, 1.54) is 0 Å². The number of aromatic amines is 1. The highest BCUT2D eigenvalue weighted by Crippen LogP contribution is 2.46. The van der Waals surface area contributed by atoms with E-state index in [9.17, 15) is 8.63 Å². The summed E-state index contributed by atoms with van der Waals surface area (Å²) in [5, 5.41) is 10.6. The van der Waals surface area contributed by atoms with Crippen LogP contribution in [0.2, 0.25) is 0 Å². The van der Waals surface area contributed by atoms with Gasteiger partial charge >= 0.3 is 7.40 Å². The first kappa shape index (κ1) is 55.7. The summed E-state index contributed by atoms with van der Waals surface area (Å²) in [6, 6.07) is 30.3. The Labute approximate surface area is 458 Å². The van der Waals surface area contributed by atoms with Crippen molar-refractivity contribution in [2.45, 2.75) is 79.8 Å². The molecule has 2 aliphatic rings. The number of hydrogen-bond donors (Lipinski definition) is 1. The first-order chi connectivity index (χ1) is 37.6. The maximum absolute atomic E-state index is 14.7. The summed E-state index contributed by atoms with van der Waals surface area (Å²) in [5.41, 5.74) is 11.3. The van der Waals surface area contributed by atoms with E-state index < -0.39 is 7.40 Å². The molecule has 2 saturated heterocycles. The highest BCUT2D eigenvalue weighted by Gasteiger charge is 2.52. The number of benzene rings is 4. The Morgan fingerprint density at radius 2 is 1.38 bits per heavy atom. The predicted molar refractivity (Wildman–Crippen MR) is 308 cm³/mol. The molecule has 5 heterocycles. The Bertz CT molecular complexity index is 3320. The molecule has 0 bridgehead atoms. The van der Waals surface area contributed by atoms with Crippen molar-refractivity contribution in [1.29, 1.82) is 0 Å². The number of aryl methyl sites for hydroxylation is 5. The van der Waals surface area contributed by atoms with Crippen LogP contribution in [0.1, 0.15) is 73.3 Å². The maximum Gasteiger partial charge on any atom is 0.677 e. The second kappa shape index (κ2) is 23.9. The number of rotatable bonds is 27. The number of methoxy groups -OCH3 is 1. The Balaban J connectivity index is 1.01. The molecule has 0 aliphatic carbocycles. The molecule has 78 heavy (non-hydrogen) atoms. The van der Waals surface area contributed by atoms with E-state index in [1.54, 1.807) is 24.8 Å². The van der Waals surface area contributed by atoms with Gasteiger partial charge in [-0.1, -0.05) is 49.0 Å². The van der Waals surface area contributed by atoms with Gasteiger partial charge in [0.2, 0.25) is 0 Å². The lowest BCUT2D eigenvalue weighted by atomic mass is 9.97. The van der Waals surface area contributed by atoms with E-state index in [1.807, 2.05) is 76.4 Å². The number of hydrogen-bond acceptors (Lipinski definition) is 11. The lowest BCUT2D eigenvalue weighted by molar-refractivity contribution is 0.126. The zero-order chi connectivity index (χ0) is 55.3. The van der Waals surface area contributed by atoms with Crippen molar-refractivity contribution in [3.8, 4) is 34.2 Å². The third-order valence-corrected chi connectivity index (χ3v) is 15.1. The van der Waals surface area contributed by atoms with E-state index >= 15 is 0 Å². The van der Waals surface area contributed by atoms with Crippen molar-refractivity contribution in [1.82, 2.24) is 24.5 Å². The van der Waals surface area contributed by atoms with Gasteiger partial charge in [-0.2, -0.15) is 0 Å². The molecule has 3 aromatic heterocycles. The molecule has 14 nitrogen and oxygen atoms in total. The van der Waals surface area contributed by atoms with Crippen molar-refractivity contribution in [2.24, 2.45) is 0 Å². The van der Waals surface area contributed by atoms with Crippen LogP contribution in [0.25, 0.3) is 29.1 Å². The molecule has 0 amide bonds. The van der Waals surface area contributed by atoms with Crippen LogP contribution in [0.15, 0.2) is 97.2 Å². The second-order valence-corrected chi connectivity index (χ2v) is 21.0. The van der Waals surface area contributed by atoms with Crippen LogP contribution in [-0.4, -0.2) is 129 Å². The summed E-state index contributed by atoms with van der Waals surface area (Å²) >= 11 is 0. The zero-order valence-electron chi connectivity index (χ0n) is 47.1. The van der Waals surface area contributed by atoms with E-state index in [4.69, 9.17) is 28.4 Å². The summed E-state index contributed by atoms with van der Waals surface area (Å²) < 4.78 is 69.5. The Hall–Kier alpha value is -7.08. The maximum atomic E-state index is 14.7. The van der Waals surface area contributed by atoms with Gasteiger partial charge in [0.15, 0.2) is 0 Å². The lowest BCUT2D eigenvalue weighted by Gasteiger charge is -2.28. The summed E-state index contributed by atoms with van der Waals surface area (Å²) in [6.07, 6.45) is 2.85. The third kappa shape index (κ3) is 12.0. The molecular formula is C61H75BF2N8O6. The monoisotopic (exact) mass is 1060 g/mol. The minimum atomic E-state index is -2.72. The summed E-state index contributed by atoms with van der Waals surface area (Å²) in [4.78, 5) is 10.3. The van der Waals surface area contributed by atoms with Crippen molar-refractivity contribution < 1.29 is 37.1 Å². The molecule has 0 radical (unpaired) electrons. The number of anilines is 3. The van der Waals surface area contributed by atoms with Crippen LogP contribution >= 0.6 is 0 Å². The lowest BCUT2D eigenvalue weighted by Crippen LogP contribution is -2.33. The smallest absolute Gasteiger partial charge is 0.490 e. The number of aromatic nitrogens is 5. The van der Waals surface area contributed by atoms with Gasteiger partial charge < -0.3 is 52.6 Å². The fourth-order valence-electron chi connectivity index (χ4n) is 10.6. The van der Waals surface area contributed by atoms with E-state index in [0.717, 1.165) is 97.0 Å². The molecule has 0 spiro atoms. The van der Waals surface area contributed by atoms with Crippen molar-refractivity contribution in [2.75, 3.05) is 101 Å². The number of nitrogens with zero attached hydrogens (tertiary/aromatic N) is 7. The summed E-state index contributed by atoms with van der Waals surface area (Å²) in [5.74, 6) is 2.32. The molecule has 9 rings (SSSR count). The van der Waals surface area contributed by atoms with Gasteiger partial charge in [0.25, 0.3) is 0 Å². The minimum Gasteiger partial charge on any atom is -0.490 e. The molecule has 7 aromatic rings. The molecule has 17 heteroatoms. The number of halogens is 2. The molecule has 2 atom stereocenters. The number of H-pyrrole nitrogens is 1. The van der Waals surface area contributed by atoms with Crippen LogP contribution in [0.4, 0.5) is 25.7 Å². The average Bonchev–Trinajstić information content (AvgIpc) is 4.32. The van der Waals surface area contributed by atoms with Gasteiger partial charge in [0, 0.05) is 61.3 Å². The van der Waals surface area contributed by atoms with Crippen molar-refractivity contribution in [3.63, 3.8) is 0 Å². The predicted octanol–water partition coefficient (Wildman–Crippen LogP) is 9.65. The first-order valence-electron chi connectivity index (χ1n) is 27.2. The van der Waals surface area contributed by atoms with Crippen LogP contribution in [0.5, 0.6) is 17.2 Å². The van der Waals surface area contributed by atoms with Crippen molar-refractivity contribution >= 4 is 36.6 Å². The standard InChI is InChI=1S/C61H75BF2N8O6/c1-12-61(40-75-14-3)38-70(61)53-23-16-42(5)32-55(53)77-28-26-68(25-27-76-54-31-41(4)15-22-52(54)69-37-60(69,10)39-74-13-2)51-24-19-48(35-56(51)78-30-29-73-11)50-36-71(67-66-50)49-20-17-47(18-21-49)57(58-43(6)33-45(8)65-58)59-44(7)34-46(9)72(59)62(63)64/h15-24,31-36,65H,8,12-14,25-30,37-40H2,1-7,9-11H3. The van der Waals surface area contributed by atoms with Gasteiger partial charge in [0.1, 0.15) is 42.8 Å². The SMILES string of the molecule is C=c1cc(C)c(=C(c2ccc(-n3cc(-c4ccc(N(CCOc5cc(C)ccc5N5CC5(C)COCC)CCOc5cc(C)ccc5N5CC5(CC)COCC)c(OCCOC)c4)nn3)cc2)c2c(C)cc(C)n2B(F)F)[nH]1. The summed E-state index contributed by atoms with van der Waals surface area (Å²) in [7, 11) is -1.06. The van der Waals surface area contributed by atoms with Crippen molar-refractivity contribution in [3.05, 3.63) is 147 Å². The largest absolute Gasteiger partial charge is 0.677 e. The minimum absolute atomic E-state index is 0.0415.